The van der Waals surface area contributed by atoms with Crippen molar-refractivity contribution in [2.24, 2.45) is 0 Å². The summed E-state index contributed by atoms with van der Waals surface area (Å²) in [5, 5.41) is 8.29. The molecule has 0 aromatic carbocycles. The van der Waals surface area contributed by atoms with Crippen molar-refractivity contribution in [3.05, 3.63) is 17.8 Å². The van der Waals surface area contributed by atoms with Crippen molar-refractivity contribution in [3.8, 4) is 0 Å². The Morgan fingerprint density at radius 1 is 1.44 bits per heavy atom. The molecule has 0 aliphatic carbocycles. The van der Waals surface area contributed by atoms with Crippen molar-refractivity contribution in [2.75, 3.05) is 18.6 Å². The van der Waals surface area contributed by atoms with Gasteiger partial charge in [0.25, 0.3) is 0 Å². The lowest BCUT2D eigenvalue weighted by Gasteiger charge is -2.35. The number of hydrogen-bond acceptors (Lipinski definition) is 5. The van der Waals surface area contributed by atoms with E-state index in [0.717, 1.165) is 37.3 Å². The Bertz CT molecular complexity index is 405. The molecule has 0 amide bonds. The molecule has 0 spiro atoms. The first-order valence-electron chi connectivity index (χ1n) is 6.34. The minimum absolute atomic E-state index is 0.160. The molecule has 1 unspecified atom stereocenters. The molecule has 18 heavy (non-hydrogen) atoms. The van der Waals surface area contributed by atoms with E-state index in [1.54, 1.807) is 0 Å². The van der Waals surface area contributed by atoms with Crippen LogP contribution in [0.15, 0.2) is 12.1 Å². The van der Waals surface area contributed by atoms with Gasteiger partial charge in [-0.15, -0.1) is 5.10 Å². The Morgan fingerprint density at radius 2 is 2.28 bits per heavy atom. The highest BCUT2D eigenvalue weighted by molar-refractivity contribution is 5.70. The number of ether oxygens (including phenoxy) is 1. The van der Waals surface area contributed by atoms with Crippen LogP contribution in [0.1, 0.15) is 31.4 Å². The summed E-state index contributed by atoms with van der Waals surface area (Å²) in [6, 6.07) is 4.10. The van der Waals surface area contributed by atoms with E-state index in [-0.39, 0.29) is 12.0 Å². The summed E-state index contributed by atoms with van der Waals surface area (Å²) in [7, 11) is 1.43. The van der Waals surface area contributed by atoms with E-state index >= 15 is 0 Å². The van der Waals surface area contributed by atoms with Crippen LogP contribution in [0.5, 0.6) is 0 Å². The molecule has 0 N–H and O–H groups in total. The summed E-state index contributed by atoms with van der Waals surface area (Å²) in [5.74, 6) is 0.696. The van der Waals surface area contributed by atoms with Gasteiger partial charge in [-0.1, -0.05) is 0 Å². The summed E-state index contributed by atoms with van der Waals surface area (Å²) in [6.07, 6.45) is 3.71. The normalized spacial score (nSPS) is 19.7. The number of nitrogens with zero attached hydrogens (tertiary/aromatic N) is 3. The second-order valence-electron chi connectivity index (χ2n) is 4.66. The number of rotatable bonds is 3. The Labute approximate surface area is 107 Å². The molecule has 2 rings (SSSR count). The number of carbonyl (C=O) groups excluding carboxylic acids is 1. The van der Waals surface area contributed by atoms with E-state index in [0.29, 0.717) is 6.42 Å². The quantitative estimate of drug-likeness (QED) is 0.763. The van der Waals surface area contributed by atoms with Crippen LogP contribution in [0.2, 0.25) is 0 Å². The molecule has 1 aromatic heterocycles. The van der Waals surface area contributed by atoms with Gasteiger partial charge in [-0.25, -0.2) is 0 Å². The molecule has 1 saturated heterocycles. The number of esters is 1. The van der Waals surface area contributed by atoms with E-state index < -0.39 is 0 Å². The third-order valence-electron chi connectivity index (χ3n) is 3.34. The Morgan fingerprint density at radius 3 is 2.94 bits per heavy atom. The summed E-state index contributed by atoms with van der Waals surface area (Å²) in [4.78, 5) is 13.6. The lowest BCUT2D eigenvalue weighted by Crippen LogP contribution is -2.41. The van der Waals surface area contributed by atoms with Crippen LogP contribution >= 0.6 is 0 Å². The fourth-order valence-electron chi connectivity index (χ4n) is 2.34. The number of aromatic nitrogens is 2. The van der Waals surface area contributed by atoms with Crippen molar-refractivity contribution in [1.29, 1.82) is 0 Å². The van der Waals surface area contributed by atoms with Crippen molar-refractivity contribution < 1.29 is 9.53 Å². The van der Waals surface area contributed by atoms with Gasteiger partial charge in [0.15, 0.2) is 5.82 Å². The van der Waals surface area contributed by atoms with Crippen molar-refractivity contribution in [2.45, 2.75) is 38.6 Å². The molecule has 1 fully saturated rings. The van der Waals surface area contributed by atoms with Gasteiger partial charge in [0, 0.05) is 12.6 Å². The number of hydrogen-bond donors (Lipinski definition) is 0. The van der Waals surface area contributed by atoms with E-state index in [1.165, 1.54) is 7.11 Å². The molecule has 0 saturated carbocycles. The predicted octanol–water partition coefficient (Wildman–Crippen LogP) is 1.71. The first-order valence-corrected chi connectivity index (χ1v) is 6.34. The highest BCUT2D eigenvalue weighted by Crippen LogP contribution is 2.24. The van der Waals surface area contributed by atoms with Gasteiger partial charge in [-0.2, -0.15) is 5.10 Å². The van der Waals surface area contributed by atoms with E-state index in [4.69, 9.17) is 4.74 Å². The molecule has 1 aliphatic heterocycles. The van der Waals surface area contributed by atoms with Gasteiger partial charge in [0.2, 0.25) is 0 Å². The molecular weight excluding hydrogens is 230 g/mol. The fourth-order valence-corrected chi connectivity index (χ4v) is 2.34. The number of aryl methyl sites for hydroxylation is 1. The monoisotopic (exact) mass is 249 g/mol. The number of carbonyl (C=O) groups is 1. The van der Waals surface area contributed by atoms with E-state index in [2.05, 4.69) is 15.1 Å². The number of piperidine rings is 1. The van der Waals surface area contributed by atoms with Gasteiger partial charge in [-0.3, -0.25) is 4.79 Å². The maximum absolute atomic E-state index is 11.4. The minimum atomic E-state index is -0.160. The predicted molar refractivity (Wildman–Crippen MR) is 68.4 cm³/mol. The molecule has 98 valence electrons. The molecule has 1 aliphatic rings. The lowest BCUT2D eigenvalue weighted by molar-refractivity contribution is -0.141. The zero-order chi connectivity index (χ0) is 13.0. The van der Waals surface area contributed by atoms with Crippen molar-refractivity contribution in [1.82, 2.24) is 10.2 Å². The SMILES string of the molecule is COC(=O)CC1CCCCN1c1ccc(C)nn1. The Hall–Kier alpha value is -1.65. The number of anilines is 1. The summed E-state index contributed by atoms with van der Waals surface area (Å²) >= 11 is 0. The third kappa shape index (κ3) is 2.97. The van der Waals surface area contributed by atoms with Gasteiger partial charge >= 0.3 is 5.97 Å². The van der Waals surface area contributed by atoms with Gasteiger partial charge < -0.3 is 9.64 Å². The highest BCUT2D eigenvalue weighted by Gasteiger charge is 2.26. The molecule has 5 nitrogen and oxygen atoms in total. The number of methoxy groups -OCH3 is 1. The first-order chi connectivity index (χ1) is 8.70. The molecule has 0 radical (unpaired) electrons. The fraction of sp³-hybridized carbons (Fsp3) is 0.615. The van der Waals surface area contributed by atoms with Crippen LogP contribution in [0.3, 0.4) is 0 Å². The minimum Gasteiger partial charge on any atom is -0.469 e. The molecule has 0 bridgehead atoms. The van der Waals surface area contributed by atoms with Crippen LogP contribution in [0.4, 0.5) is 5.82 Å². The van der Waals surface area contributed by atoms with Crippen LogP contribution in [-0.2, 0) is 9.53 Å². The zero-order valence-corrected chi connectivity index (χ0v) is 10.9. The summed E-state index contributed by atoms with van der Waals surface area (Å²) < 4.78 is 4.75. The van der Waals surface area contributed by atoms with Crippen molar-refractivity contribution >= 4 is 11.8 Å². The maximum atomic E-state index is 11.4. The average Bonchev–Trinajstić information content (AvgIpc) is 2.40. The van der Waals surface area contributed by atoms with Crippen LogP contribution in [0, 0.1) is 6.92 Å². The Kier molecular flexibility index (Phi) is 4.12. The van der Waals surface area contributed by atoms with Crippen LogP contribution < -0.4 is 4.90 Å². The van der Waals surface area contributed by atoms with Crippen LogP contribution in [-0.4, -0.2) is 35.9 Å². The highest BCUT2D eigenvalue weighted by atomic mass is 16.5. The summed E-state index contributed by atoms with van der Waals surface area (Å²) in [5.41, 5.74) is 0.903. The van der Waals surface area contributed by atoms with Gasteiger partial charge in [-0.05, 0) is 38.3 Å². The average molecular weight is 249 g/mol. The van der Waals surface area contributed by atoms with Crippen LogP contribution in [0.25, 0.3) is 0 Å². The second-order valence-corrected chi connectivity index (χ2v) is 4.66. The molecule has 1 aromatic rings. The molecule has 1 atom stereocenters. The molecule has 2 heterocycles. The van der Waals surface area contributed by atoms with Gasteiger partial charge in [0.1, 0.15) is 0 Å². The van der Waals surface area contributed by atoms with E-state index in [1.807, 2.05) is 19.1 Å². The first kappa shape index (κ1) is 12.8. The lowest BCUT2D eigenvalue weighted by atomic mass is 9.99. The Balaban J connectivity index is 2.12. The molecule has 5 heteroatoms. The summed E-state index contributed by atoms with van der Waals surface area (Å²) in [6.45, 7) is 2.85. The smallest absolute Gasteiger partial charge is 0.307 e. The van der Waals surface area contributed by atoms with E-state index in [9.17, 15) is 4.79 Å². The standard InChI is InChI=1S/C13H19N3O2/c1-10-6-7-12(15-14-10)16-8-4-3-5-11(16)9-13(17)18-2/h6-7,11H,3-5,8-9H2,1-2H3. The molecular formula is C13H19N3O2. The second kappa shape index (κ2) is 5.80. The zero-order valence-electron chi connectivity index (χ0n) is 10.9. The largest absolute Gasteiger partial charge is 0.469 e. The maximum Gasteiger partial charge on any atom is 0.307 e. The van der Waals surface area contributed by atoms with Gasteiger partial charge in [0.05, 0.1) is 19.2 Å². The van der Waals surface area contributed by atoms with Crippen molar-refractivity contribution in [3.63, 3.8) is 0 Å². The topological polar surface area (TPSA) is 55.3 Å². The third-order valence-corrected chi connectivity index (χ3v) is 3.34.